The molecule has 1 amide bonds. The number of carbonyl (C=O) groups is 1. The fourth-order valence-electron chi connectivity index (χ4n) is 3.83. The molecule has 0 aromatic heterocycles. The maximum Gasteiger partial charge on any atom is 0.262 e. The summed E-state index contributed by atoms with van der Waals surface area (Å²) in [7, 11) is -3.79. The van der Waals surface area contributed by atoms with E-state index in [2.05, 4.69) is 14.9 Å². The molecule has 0 aliphatic carbocycles. The topological polar surface area (TPSA) is 78.5 Å². The van der Waals surface area contributed by atoms with Crippen LogP contribution in [0.5, 0.6) is 0 Å². The van der Waals surface area contributed by atoms with Crippen LogP contribution >= 0.6 is 0 Å². The summed E-state index contributed by atoms with van der Waals surface area (Å²) in [5.74, 6) is -0.248. The molecule has 2 aromatic carbocycles. The van der Waals surface area contributed by atoms with Crippen LogP contribution in [-0.2, 0) is 10.0 Å². The third kappa shape index (κ3) is 6.80. The van der Waals surface area contributed by atoms with Gasteiger partial charge in [0.15, 0.2) is 0 Å². The van der Waals surface area contributed by atoms with Gasteiger partial charge in [-0.05, 0) is 82.6 Å². The number of nitrogens with zero attached hydrogens (tertiary/aromatic N) is 1. The Morgan fingerprint density at radius 3 is 2.32 bits per heavy atom. The van der Waals surface area contributed by atoms with Gasteiger partial charge in [0.05, 0.1) is 4.90 Å². The number of benzene rings is 2. The van der Waals surface area contributed by atoms with Crippen molar-refractivity contribution >= 4 is 21.6 Å². The van der Waals surface area contributed by atoms with E-state index in [0.717, 1.165) is 31.6 Å². The Hall–Kier alpha value is -2.38. The van der Waals surface area contributed by atoms with Gasteiger partial charge in [-0.15, -0.1) is 0 Å². The zero-order valence-corrected chi connectivity index (χ0v) is 19.3. The highest BCUT2D eigenvalue weighted by molar-refractivity contribution is 7.92. The summed E-state index contributed by atoms with van der Waals surface area (Å²) >= 11 is 0. The number of amides is 1. The Kier molecular flexibility index (Phi) is 8.09. The molecule has 0 spiro atoms. The predicted octanol–water partition coefficient (Wildman–Crippen LogP) is 4.10. The van der Waals surface area contributed by atoms with E-state index >= 15 is 0 Å². The standard InChI is InChI=1S/C24H33N3O3S/c1-19-8-12-22(13-9-19)26-31(29,30)23-18-21(11-10-20(23)2)24(28)25-14-7-17-27-15-5-3-4-6-16-27/h8-13,18,26H,3-7,14-17H2,1-2H3,(H,25,28). The van der Waals surface area contributed by atoms with Crippen LogP contribution in [0.4, 0.5) is 5.69 Å². The molecule has 1 saturated heterocycles. The number of aryl methyl sites for hydroxylation is 2. The number of sulfonamides is 1. The lowest BCUT2D eigenvalue weighted by atomic mass is 10.1. The average molecular weight is 444 g/mol. The molecule has 7 heteroatoms. The van der Waals surface area contributed by atoms with E-state index in [1.54, 1.807) is 31.2 Å². The minimum Gasteiger partial charge on any atom is -0.352 e. The number of hydrogen-bond donors (Lipinski definition) is 2. The van der Waals surface area contributed by atoms with E-state index in [1.807, 2.05) is 19.1 Å². The van der Waals surface area contributed by atoms with Crippen molar-refractivity contribution in [2.75, 3.05) is 30.9 Å². The van der Waals surface area contributed by atoms with Crippen molar-refractivity contribution < 1.29 is 13.2 Å². The molecular formula is C24H33N3O3S. The zero-order valence-electron chi connectivity index (χ0n) is 18.5. The van der Waals surface area contributed by atoms with Gasteiger partial charge in [0.1, 0.15) is 0 Å². The highest BCUT2D eigenvalue weighted by Gasteiger charge is 2.19. The van der Waals surface area contributed by atoms with Gasteiger partial charge in [-0.1, -0.05) is 36.6 Å². The molecule has 31 heavy (non-hydrogen) atoms. The lowest BCUT2D eigenvalue weighted by Gasteiger charge is -2.19. The maximum atomic E-state index is 12.9. The summed E-state index contributed by atoms with van der Waals surface area (Å²) in [6.07, 6.45) is 6.01. The van der Waals surface area contributed by atoms with Gasteiger partial charge in [-0.3, -0.25) is 9.52 Å². The van der Waals surface area contributed by atoms with Gasteiger partial charge >= 0.3 is 0 Å². The van der Waals surface area contributed by atoms with E-state index in [9.17, 15) is 13.2 Å². The smallest absolute Gasteiger partial charge is 0.262 e. The lowest BCUT2D eigenvalue weighted by molar-refractivity contribution is 0.0951. The Morgan fingerprint density at radius 2 is 1.65 bits per heavy atom. The third-order valence-corrected chi connectivity index (χ3v) is 7.20. The average Bonchev–Trinajstić information content (AvgIpc) is 3.01. The Balaban J connectivity index is 1.60. The molecule has 1 fully saturated rings. The molecule has 0 bridgehead atoms. The van der Waals surface area contributed by atoms with E-state index in [1.165, 1.54) is 31.7 Å². The lowest BCUT2D eigenvalue weighted by Crippen LogP contribution is -2.30. The fraction of sp³-hybridized carbons (Fsp3) is 0.458. The molecule has 1 heterocycles. The number of nitrogens with one attached hydrogen (secondary N) is 2. The van der Waals surface area contributed by atoms with Crippen molar-refractivity contribution in [1.82, 2.24) is 10.2 Å². The summed E-state index contributed by atoms with van der Waals surface area (Å²) in [4.78, 5) is 15.2. The SMILES string of the molecule is Cc1ccc(NS(=O)(=O)c2cc(C(=O)NCCCN3CCCCCC3)ccc2C)cc1. The third-order valence-electron chi connectivity index (χ3n) is 5.68. The monoisotopic (exact) mass is 443 g/mol. The number of hydrogen-bond acceptors (Lipinski definition) is 4. The van der Waals surface area contributed by atoms with Crippen LogP contribution in [-0.4, -0.2) is 45.4 Å². The van der Waals surface area contributed by atoms with Gasteiger partial charge < -0.3 is 10.2 Å². The van der Waals surface area contributed by atoms with E-state index in [0.29, 0.717) is 23.4 Å². The van der Waals surface area contributed by atoms with E-state index in [-0.39, 0.29) is 10.8 Å². The van der Waals surface area contributed by atoms with Gasteiger partial charge in [0.2, 0.25) is 0 Å². The number of rotatable bonds is 8. The zero-order chi connectivity index (χ0) is 22.3. The second-order valence-electron chi connectivity index (χ2n) is 8.32. The summed E-state index contributed by atoms with van der Waals surface area (Å²) in [5.41, 5.74) is 2.49. The van der Waals surface area contributed by atoms with Crippen LogP contribution in [0.3, 0.4) is 0 Å². The summed E-state index contributed by atoms with van der Waals surface area (Å²) in [6.45, 7) is 7.51. The van der Waals surface area contributed by atoms with Crippen molar-refractivity contribution in [1.29, 1.82) is 0 Å². The first-order valence-electron chi connectivity index (χ1n) is 11.1. The Morgan fingerprint density at radius 1 is 0.968 bits per heavy atom. The molecule has 0 unspecified atom stereocenters. The molecule has 1 aliphatic rings. The van der Waals surface area contributed by atoms with Gasteiger partial charge in [0.25, 0.3) is 15.9 Å². The minimum absolute atomic E-state index is 0.116. The highest BCUT2D eigenvalue weighted by Crippen LogP contribution is 2.21. The first-order valence-corrected chi connectivity index (χ1v) is 12.5. The molecular weight excluding hydrogens is 410 g/mol. The molecule has 2 aromatic rings. The second-order valence-corrected chi connectivity index (χ2v) is 9.97. The highest BCUT2D eigenvalue weighted by atomic mass is 32.2. The van der Waals surface area contributed by atoms with Gasteiger partial charge in [-0.25, -0.2) is 8.42 Å². The van der Waals surface area contributed by atoms with Crippen molar-refractivity contribution in [3.63, 3.8) is 0 Å². The van der Waals surface area contributed by atoms with Crippen molar-refractivity contribution in [3.05, 3.63) is 59.2 Å². The van der Waals surface area contributed by atoms with Gasteiger partial charge in [-0.2, -0.15) is 0 Å². The maximum absolute atomic E-state index is 12.9. The first-order chi connectivity index (χ1) is 14.8. The molecule has 3 rings (SSSR count). The Bertz CT molecular complexity index is 980. The van der Waals surface area contributed by atoms with E-state index < -0.39 is 10.0 Å². The largest absolute Gasteiger partial charge is 0.352 e. The molecule has 0 radical (unpaired) electrons. The number of carbonyl (C=O) groups excluding carboxylic acids is 1. The van der Waals surface area contributed by atoms with Gasteiger partial charge in [0, 0.05) is 17.8 Å². The van der Waals surface area contributed by atoms with Crippen LogP contribution < -0.4 is 10.0 Å². The van der Waals surface area contributed by atoms with Crippen LogP contribution in [0.25, 0.3) is 0 Å². The quantitative estimate of drug-likeness (QED) is 0.602. The van der Waals surface area contributed by atoms with Crippen LogP contribution in [0.15, 0.2) is 47.4 Å². The molecule has 6 nitrogen and oxygen atoms in total. The fourth-order valence-corrected chi connectivity index (χ4v) is 5.16. The molecule has 1 aliphatic heterocycles. The summed E-state index contributed by atoms with van der Waals surface area (Å²) in [6, 6.07) is 11.9. The minimum atomic E-state index is -3.79. The molecule has 168 valence electrons. The van der Waals surface area contributed by atoms with E-state index in [4.69, 9.17) is 0 Å². The normalized spacial score (nSPS) is 15.3. The van der Waals surface area contributed by atoms with Crippen molar-refractivity contribution in [2.24, 2.45) is 0 Å². The number of anilines is 1. The Labute approximate surface area is 186 Å². The number of likely N-dealkylation sites (tertiary alicyclic amines) is 1. The first kappa shape index (κ1) is 23.3. The summed E-state index contributed by atoms with van der Waals surface area (Å²) < 4.78 is 28.4. The van der Waals surface area contributed by atoms with Crippen molar-refractivity contribution in [3.8, 4) is 0 Å². The molecule has 2 N–H and O–H groups in total. The second kappa shape index (κ2) is 10.8. The van der Waals surface area contributed by atoms with Crippen LogP contribution in [0, 0.1) is 13.8 Å². The predicted molar refractivity (Wildman–Crippen MR) is 125 cm³/mol. The van der Waals surface area contributed by atoms with Crippen LogP contribution in [0.2, 0.25) is 0 Å². The van der Waals surface area contributed by atoms with Crippen molar-refractivity contribution in [2.45, 2.75) is 50.8 Å². The summed E-state index contributed by atoms with van der Waals surface area (Å²) in [5, 5.41) is 2.93. The molecule has 0 atom stereocenters. The van der Waals surface area contributed by atoms with Crippen LogP contribution in [0.1, 0.15) is 53.6 Å². The molecule has 0 saturated carbocycles.